The van der Waals surface area contributed by atoms with Crippen molar-refractivity contribution in [3.63, 3.8) is 0 Å². The summed E-state index contributed by atoms with van der Waals surface area (Å²) in [5.74, 6) is 0. The summed E-state index contributed by atoms with van der Waals surface area (Å²) in [6.45, 7) is 2.12. The number of fused-ring (bicyclic) bond motifs is 2. The third-order valence-electron chi connectivity index (χ3n) is 3.10. The summed E-state index contributed by atoms with van der Waals surface area (Å²) in [6, 6.07) is 13.9. The molecule has 106 valence electrons. The highest BCUT2D eigenvalue weighted by Gasteiger charge is 2.05. The summed E-state index contributed by atoms with van der Waals surface area (Å²) in [5.41, 5.74) is 2.47. The van der Waals surface area contributed by atoms with Gasteiger partial charge in [0.1, 0.15) is 0 Å². The number of pyridine rings is 1. The predicted octanol–water partition coefficient (Wildman–Crippen LogP) is 4.56. The molecule has 0 atom stereocenters. The Morgan fingerprint density at radius 1 is 1.14 bits per heavy atom. The minimum absolute atomic E-state index is 0.348. The number of hydrogen-bond donors (Lipinski definition) is 1. The van der Waals surface area contributed by atoms with Crippen molar-refractivity contribution in [3.05, 3.63) is 46.0 Å². The second-order valence-electron chi connectivity index (χ2n) is 4.58. The first kappa shape index (κ1) is 14.1. The molecule has 4 nitrogen and oxygen atoms in total. The molecule has 21 heavy (non-hydrogen) atoms. The number of halogens is 1. The van der Waals surface area contributed by atoms with Crippen LogP contribution in [-0.2, 0) is 4.74 Å². The van der Waals surface area contributed by atoms with Crippen molar-refractivity contribution in [2.45, 2.75) is 6.92 Å². The van der Waals surface area contributed by atoms with Gasteiger partial charge in [0.15, 0.2) is 0 Å². The zero-order valence-corrected chi connectivity index (χ0v) is 13.5. The van der Waals surface area contributed by atoms with E-state index in [1.165, 1.54) is 0 Å². The van der Waals surface area contributed by atoms with Crippen molar-refractivity contribution in [2.24, 2.45) is 0 Å². The molecule has 0 spiro atoms. The molecule has 1 aromatic heterocycles. The van der Waals surface area contributed by atoms with Crippen LogP contribution in [0.3, 0.4) is 0 Å². The molecule has 0 saturated heterocycles. The largest absolute Gasteiger partial charge is 0.450 e. The third-order valence-corrected chi connectivity index (χ3v) is 3.77. The molecule has 0 radical (unpaired) electrons. The second kappa shape index (κ2) is 5.85. The van der Waals surface area contributed by atoms with E-state index in [-0.39, 0.29) is 0 Å². The lowest BCUT2D eigenvalue weighted by molar-refractivity contribution is 0.168. The molecule has 1 heterocycles. The Kier molecular flexibility index (Phi) is 3.92. The molecule has 2 aromatic carbocycles. The van der Waals surface area contributed by atoms with Gasteiger partial charge in [-0.05, 0) is 59.8 Å². The Morgan fingerprint density at radius 2 is 1.86 bits per heavy atom. The zero-order chi connectivity index (χ0) is 14.8. The first-order valence-electron chi connectivity index (χ1n) is 6.59. The molecule has 0 fully saturated rings. The van der Waals surface area contributed by atoms with E-state index >= 15 is 0 Å². The van der Waals surface area contributed by atoms with Crippen LogP contribution in [0.5, 0.6) is 0 Å². The smallest absolute Gasteiger partial charge is 0.411 e. The summed E-state index contributed by atoms with van der Waals surface area (Å²) in [7, 11) is 0. The topological polar surface area (TPSA) is 51.2 Å². The Labute approximate surface area is 135 Å². The molecule has 5 heteroatoms. The highest BCUT2D eigenvalue weighted by Crippen LogP contribution is 2.23. The van der Waals surface area contributed by atoms with Gasteiger partial charge in [-0.1, -0.05) is 12.1 Å². The van der Waals surface area contributed by atoms with Crippen molar-refractivity contribution in [1.82, 2.24) is 4.98 Å². The molecule has 3 aromatic rings. The van der Waals surface area contributed by atoms with E-state index < -0.39 is 6.09 Å². The Morgan fingerprint density at radius 3 is 2.62 bits per heavy atom. The van der Waals surface area contributed by atoms with Gasteiger partial charge in [-0.25, -0.2) is 9.78 Å². The Hall–Kier alpha value is -1.89. The van der Waals surface area contributed by atoms with Crippen LogP contribution in [0.25, 0.3) is 21.8 Å². The number of carbonyl (C=O) groups is 1. The van der Waals surface area contributed by atoms with Crippen LogP contribution < -0.4 is 5.32 Å². The maximum atomic E-state index is 11.5. The summed E-state index contributed by atoms with van der Waals surface area (Å²) in [4.78, 5) is 16.1. The van der Waals surface area contributed by atoms with Crippen molar-refractivity contribution in [1.29, 1.82) is 0 Å². The van der Waals surface area contributed by atoms with Crippen LogP contribution in [-0.4, -0.2) is 17.7 Å². The second-order valence-corrected chi connectivity index (χ2v) is 5.82. The van der Waals surface area contributed by atoms with Gasteiger partial charge in [0, 0.05) is 20.0 Å². The standard InChI is InChI=1S/C16H13IN2O2/c1-2-21-16(20)18-13-6-4-11-7-10-3-5-12(17)8-14(10)19-15(11)9-13/h3-9H,2H2,1H3,(H,18,20). The normalized spacial score (nSPS) is 10.8. The predicted molar refractivity (Wildman–Crippen MR) is 92.6 cm³/mol. The van der Waals surface area contributed by atoms with Gasteiger partial charge in [-0.15, -0.1) is 0 Å². The number of aromatic nitrogens is 1. The van der Waals surface area contributed by atoms with Crippen LogP contribution in [0, 0.1) is 3.57 Å². The van der Waals surface area contributed by atoms with Crippen molar-refractivity contribution >= 4 is 56.2 Å². The molecule has 3 rings (SSSR count). The number of anilines is 1. The van der Waals surface area contributed by atoms with Gasteiger partial charge in [-0.2, -0.15) is 0 Å². The molecule has 0 bridgehead atoms. The Bertz CT molecular complexity index is 833. The maximum Gasteiger partial charge on any atom is 0.411 e. The number of carbonyl (C=O) groups excluding carboxylic acids is 1. The van der Waals surface area contributed by atoms with E-state index in [0.717, 1.165) is 25.4 Å². The molecule has 0 saturated carbocycles. The number of ether oxygens (including phenoxy) is 1. The molecular formula is C16H13IN2O2. The quantitative estimate of drug-likeness (QED) is 0.514. The molecular weight excluding hydrogens is 379 g/mol. The number of rotatable bonds is 2. The first-order valence-corrected chi connectivity index (χ1v) is 7.67. The highest BCUT2D eigenvalue weighted by atomic mass is 127. The van der Waals surface area contributed by atoms with Crippen LogP contribution in [0.2, 0.25) is 0 Å². The average Bonchev–Trinajstić information content (AvgIpc) is 2.45. The molecule has 0 aliphatic rings. The van der Waals surface area contributed by atoms with Gasteiger partial charge >= 0.3 is 6.09 Å². The summed E-state index contributed by atoms with van der Waals surface area (Å²) in [6.07, 6.45) is -0.452. The first-order chi connectivity index (χ1) is 10.2. The molecule has 1 N–H and O–H groups in total. The van der Waals surface area contributed by atoms with Crippen molar-refractivity contribution in [2.75, 3.05) is 11.9 Å². The van der Waals surface area contributed by atoms with E-state index in [1.54, 1.807) is 6.92 Å². The van der Waals surface area contributed by atoms with Gasteiger partial charge in [0.2, 0.25) is 0 Å². The van der Waals surface area contributed by atoms with Crippen molar-refractivity contribution in [3.8, 4) is 0 Å². The summed E-state index contributed by atoms with van der Waals surface area (Å²) < 4.78 is 6.02. The lowest BCUT2D eigenvalue weighted by Crippen LogP contribution is -2.13. The summed E-state index contributed by atoms with van der Waals surface area (Å²) >= 11 is 2.27. The zero-order valence-electron chi connectivity index (χ0n) is 11.4. The minimum Gasteiger partial charge on any atom is -0.450 e. The SMILES string of the molecule is CCOC(=O)Nc1ccc2cc3ccc(I)cc3nc2c1. The number of hydrogen-bond acceptors (Lipinski definition) is 3. The van der Waals surface area contributed by atoms with E-state index in [1.807, 2.05) is 24.3 Å². The fourth-order valence-electron chi connectivity index (χ4n) is 2.16. The fourth-order valence-corrected chi connectivity index (χ4v) is 2.63. The lowest BCUT2D eigenvalue weighted by atomic mass is 10.1. The van der Waals surface area contributed by atoms with Crippen LogP contribution in [0.15, 0.2) is 42.5 Å². The van der Waals surface area contributed by atoms with Crippen LogP contribution in [0.4, 0.5) is 10.5 Å². The number of benzene rings is 2. The lowest BCUT2D eigenvalue weighted by Gasteiger charge is -2.07. The van der Waals surface area contributed by atoms with E-state index in [2.05, 4.69) is 51.1 Å². The summed E-state index contributed by atoms with van der Waals surface area (Å²) in [5, 5.41) is 4.84. The third kappa shape index (κ3) is 3.07. The average molecular weight is 392 g/mol. The number of nitrogens with one attached hydrogen (secondary N) is 1. The maximum absolute atomic E-state index is 11.5. The van der Waals surface area contributed by atoms with E-state index in [0.29, 0.717) is 12.3 Å². The van der Waals surface area contributed by atoms with E-state index in [4.69, 9.17) is 4.74 Å². The molecule has 0 aliphatic carbocycles. The fraction of sp³-hybridized carbons (Fsp3) is 0.125. The monoisotopic (exact) mass is 392 g/mol. The van der Waals surface area contributed by atoms with Crippen LogP contribution in [0.1, 0.15) is 6.92 Å². The molecule has 0 aliphatic heterocycles. The minimum atomic E-state index is -0.452. The number of nitrogens with zero attached hydrogens (tertiary/aromatic N) is 1. The molecule has 1 amide bonds. The highest BCUT2D eigenvalue weighted by molar-refractivity contribution is 14.1. The van der Waals surface area contributed by atoms with Gasteiger partial charge < -0.3 is 4.74 Å². The van der Waals surface area contributed by atoms with Gasteiger partial charge in [-0.3, -0.25) is 5.32 Å². The molecule has 0 unspecified atom stereocenters. The van der Waals surface area contributed by atoms with Gasteiger partial charge in [0.25, 0.3) is 0 Å². The van der Waals surface area contributed by atoms with Gasteiger partial charge in [0.05, 0.1) is 17.6 Å². The van der Waals surface area contributed by atoms with E-state index in [9.17, 15) is 4.79 Å². The Balaban J connectivity index is 2.03. The number of amides is 1. The van der Waals surface area contributed by atoms with Crippen molar-refractivity contribution < 1.29 is 9.53 Å². The van der Waals surface area contributed by atoms with Crippen LogP contribution >= 0.6 is 22.6 Å².